The van der Waals surface area contributed by atoms with Gasteiger partial charge >= 0.3 is 0 Å². The van der Waals surface area contributed by atoms with Gasteiger partial charge in [-0.15, -0.1) is 0 Å². The van der Waals surface area contributed by atoms with Crippen molar-refractivity contribution < 1.29 is 14.3 Å². The third-order valence-electron chi connectivity index (χ3n) is 3.52. The zero-order valence-corrected chi connectivity index (χ0v) is 13.4. The molecule has 0 bridgehead atoms. The monoisotopic (exact) mass is 359 g/mol. The van der Waals surface area contributed by atoms with E-state index in [-0.39, 0.29) is 18.3 Å². The number of ether oxygens (including phenoxy) is 1. The van der Waals surface area contributed by atoms with E-state index in [1.807, 2.05) is 12.1 Å². The van der Waals surface area contributed by atoms with Gasteiger partial charge in [-0.25, -0.2) is 0 Å². The van der Waals surface area contributed by atoms with Crippen molar-refractivity contribution in [1.29, 1.82) is 0 Å². The number of fused-ring (bicyclic) bond motifs is 1. The molecule has 0 unspecified atom stereocenters. The van der Waals surface area contributed by atoms with Gasteiger partial charge in [-0.05, 0) is 36.8 Å². The van der Waals surface area contributed by atoms with Crippen LogP contribution in [0.5, 0.6) is 5.75 Å². The highest BCUT2D eigenvalue weighted by molar-refractivity contribution is 9.10. The second kappa shape index (κ2) is 6.32. The number of ketones is 1. The smallest absolute Gasteiger partial charge is 0.262 e. The molecule has 0 heterocycles. The van der Waals surface area contributed by atoms with Gasteiger partial charge in [0.15, 0.2) is 12.4 Å². The summed E-state index contributed by atoms with van der Waals surface area (Å²) in [5, 5.41) is 2.76. The van der Waals surface area contributed by atoms with Crippen LogP contribution in [0.1, 0.15) is 22.3 Å². The standard InChI is InChI=1S/C17H14BrNO3/c18-11-4-6-12(7-5-11)19-17(21)10-22-16-3-1-2-13-14(16)8-9-15(13)20/h1-7H,8-10H2,(H,19,21). The molecule has 0 fully saturated rings. The van der Waals surface area contributed by atoms with Crippen molar-refractivity contribution in [2.24, 2.45) is 0 Å². The predicted molar refractivity (Wildman–Crippen MR) is 87.4 cm³/mol. The minimum atomic E-state index is -0.232. The van der Waals surface area contributed by atoms with Gasteiger partial charge in [-0.2, -0.15) is 0 Å². The molecule has 1 amide bonds. The lowest BCUT2D eigenvalue weighted by Gasteiger charge is -2.10. The molecule has 1 aliphatic carbocycles. The fraction of sp³-hybridized carbons (Fsp3) is 0.176. The summed E-state index contributed by atoms with van der Waals surface area (Å²) >= 11 is 3.34. The van der Waals surface area contributed by atoms with E-state index in [1.165, 1.54) is 0 Å². The average Bonchev–Trinajstić information content (AvgIpc) is 2.90. The molecule has 4 nitrogen and oxygen atoms in total. The number of nitrogens with one attached hydrogen (secondary N) is 1. The summed E-state index contributed by atoms with van der Waals surface area (Å²) in [4.78, 5) is 23.6. The number of rotatable bonds is 4. The quantitative estimate of drug-likeness (QED) is 0.907. The van der Waals surface area contributed by atoms with Crippen LogP contribution in [0.15, 0.2) is 46.9 Å². The van der Waals surface area contributed by atoms with Crippen LogP contribution in [0.2, 0.25) is 0 Å². The van der Waals surface area contributed by atoms with Crippen LogP contribution in [0.25, 0.3) is 0 Å². The van der Waals surface area contributed by atoms with Crippen molar-refractivity contribution in [2.45, 2.75) is 12.8 Å². The first kappa shape index (κ1) is 14.8. The van der Waals surface area contributed by atoms with Gasteiger partial charge in [0.25, 0.3) is 5.91 Å². The van der Waals surface area contributed by atoms with E-state index >= 15 is 0 Å². The van der Waals surface area contributed by atoms with Crippen LogP contribution >= 0.6 is 15.9 Å². The first-order chi connectivity index (χ1) is 10.6. The Morgan fingerprint density at radius 3 is 2.68 bits per heavy atom. The maximum atomic E-state index is 11.9. The Bertz CT molecular complexity index is 725. The van der Waals surface area contributed by atoms with Crippen LogP contribution in [-0.2, 0) is 11.2 Å². The zero-order valence-electron chi connectivity index (χ0n) is 11.8. The van der Waals surface area contributed by atoms with E-state index < -0.39 is 0 Å². The van der Waals surface area contributed by atoms with E-state index in [2.05, 4.69) is 21.2 Å². The molecular formula is C17H14BrNO3. The van der Waals surface area contributed by atoms with Gasteiger partial charge < -0.3 is 10.1 Å². The van der Waals surface area contributed by atoms with E-state index in [0.29, 0.717) is 29.8 Å². The average molecular weight is 360 g/mol. The van der Waals surface area contributed by atoms with Gasteiger partial charge in [0, 0.05) is 27.7 Å². The van der Waals surface area contributed by atoms with Gasteiger partial charge in [-0.3, -0.25) is 9.59 Å². The second-order valence-electron chi connectivity index (χ2n) is 5.05. The number of carbonyl (C=O) groups is 2. The SMILES string of the molecule is O=C(COc1cccc2c1CCC2=O)Nc1ccc(Br)cc1. The van der Waals surface area contributed by atoms with Crippen LogP contribution in [0, 0.1) is 0 Å². The third kappa shape index (κ3) is 3.20. The molecule has 5 heteroatoms. The predicted octanol–water partition coefficient (Wildman–Crippen LogP) is 3.60. The Morgan fingerprint density at radius 1 is 1.14 bits per heavy atom. The Labute approximate surface area is 136 Å². The van der Waals surface area contributed by atoms with E-state index in [9.17, 15) is 9.59 Å². The maximum Gasteiger partial charge on any atom is 0.262 e. The highest BCUT2D eigenvalue weighted by Gasteiger charge is 2.22. The Hall–Kier alpha value is -2.14. The molecule has 0 atom stereocenters. The summed E-state index contributed by atoms with van der Waals surface area (Å²) in [5.41, 5.74) is 2.33. The molecule has 112 valence electrons. The van der Waals surface area contributed by atoms with Crippen molar-refractivity contribution in [3.8, 4) is 5.75 Å². The first-order valence-corrected chi connectivity index (χ1v) is 7.76. The summed E-state index contributed by atoms with van der Waals surface area (Å²) in [6.07, 6.45) is 1.19. The molecule has 2 aromatic rings. The van der Waals surface area contributed by atoms with Crippen molar-refractivity contribution in [3.63, 3.8) is 0 Å². The van der Waals surface area contributed by atoms with Gasteiger partial charge in [0.2, 0.25) is 0 Å². The summed E-state index contributed by atoms with van der Waals surface area (Å²) in [7, 11) is 0. The third-order valence-corrected chi connectivity index (χ3v) is 4.05. The molecule has 1 aliphatic rings. The lowest BCUT2D eigenvalue weighted by molar-refractivity contribution is -0.118. The number of hydrogen-bond donors (Lipinski definition) is 1. The van der Waals surface area contributed by atoms with Crippen molar-refractivity contribution >= 4 is 33.3 Å². The molecule has 22 heavy (non-hydrogen) atoms. The second-order valence-corrected chi connectivity index (χ2v) is 5.96. The maximum absolute atomic E-state index is 11.9. The fourth-order valence-electron chi connectivity index (χ4n) is 2.47. The largest absolute Gasteiger partial charge is 0.483 e. The number of anilines is 1. The normalized spacial score (nSPS) is 12.9. The van der Waals surface area contributed by atoms with Crippen LogP contribution in [0.3, 0.4) is 0 Å². The van der Waals surface area contributed by atoms with Crippen LogP contribution in [-0.4, -0.2) is 18.3 Å². The van der Waals surface area contributed by atoms with Crippen molar-refractivity contribution in [3.05, 3.63) is 58.1 Å². The topological polar surface area (TPSA) is 55.4 Å². The molecule has 1 N–H and O–H groups in total. The van der Waals surface area contributed by atoms with E-state index in [0.717, 1.165) is 10.0 Å². The first-order valence-electron chi connectivity index (χ1n) is 6.97. The molecule has 0 radical (unpaired) electrons. The lowest BCUT2D eigenvalue weighted by Crippen LogP contribution is -2.20. The highest BCUT2D eigenvalue weighted by atomic mass is 79.9. The molecule has 2 aromatic carbocycles. The summed E-state index contributed by atoms with van der Waals surface area (Å²) in [6.45, 7) is -0.0826. The molecule has 0 aromatic heterocycles. The fourth-order valence-corrected chi connectivity index (χ4v) is 2.73. The van der Waals surface area contributed by atoms with Crippen molar-refractivity contribution in [2.75, 3.05) is 11.9 Å². The lowest BCUT2D eigenvalue weighted by atomic mass is 10.1. The van der Waals surface area contributed by atoms with Gasteiger partial charge in [0.1, 0.15) is 5.75 Å². The van der Waals surface area contributed by atoms with Gasteiger partial charge in [0.05, 0.1) is 0 Å². The molecule has 0 saturated carbocycles. The summed E-state index contributed by atoms with van der Waals surface area (Å²) < 4.78 is 6.53. The Kier molecular flexibility index (Phi) is 4.24. The Morgan fingerprint density at radius 2 is 1.91 bits per heavy atom. The molecule has 3 rings (SSSR count). The summed E-state index contributed by atoms with van der Waals surface area (Å²) in [5.74, 6) is 0.526. The van der Waals surface area contributed by atoms with Crippen LogP contribution < -0.4 is 10.1 Å². The number of halogens is 1. The minimum absolute atomic E-state index is 0.0826. The number of carbonyl (C=O) groups excluding carboxylic acids is 2. The van der Waals surface area contributed by atoms with Gasteiger partial charge in [-0.1, -0.05) is 28.1 Å². The minimum Gasteiger partial charge on any atom is -0.483 e. The molecular weight excluding hydrogens is 346 g/mol. The number of benzene rings is 2. The Balaban J connectivity index is 1.62. The summed E-state index contributed by atoms with van der Waals surface area (Å²) in [6, 6.07) is 12.7. The number of amides is 1. The zero-order chi connectivity index (χ0) is 15.5. The van der Waals surface area contributed by atoms with Crippen molar-refractivity contribution in [1.82, 2.24) is 0 Å². The van der Waals surface area contributed by atoms with Crippen LogP contribution in [0.4, 0.5) is 5.69 Å². The number of Topliss-reactive ketones (excluding diaryl/α,β-unsaturated/α-hetero) is 1. The highest BCUT2D eigenvalue weighted by Crippen LogP contribution is 2.30. The molecule has 0 aliphatic heterocycles. The number of hydrogen-bond acceptors (Lipinski definition) is 3. The van der Waals surface area contributed by atoms with E-state index in [1.54, 1.807) is 30.3 Å². The molecule has 0 spiro atoms. The molecule has 0 saturated heterocycles. The van der Waals surface area contributed by atoms with E-state index in [4.69, 9.17) is 4.74 Å².